The van der Waals surface area contributed by atoms with E-state index in [1.807, 2.05) is 0 Å². The molecule has 2 amide bonds. The number of alkyl halides is 7. The molecule has 0 aliphatic carbocycles. The van der Waals surface area contributed by atoms with Gasteiger partial charge in [-0.2, -0.15) is 31.4 Å². The molecule has 0 saturated carbocycles. The van der Waals surface area contributed by atoms with Gasteiger partial charge in [0.2, 0.25) is 0 Å². The van der Waals surface area contributed by atoms with E-state index < -0.39 is 42.1 Å². The normalized spacial score (nSPS) is 12.4. The van der Waals surface area contributed by atoms with E-state index in [2.05, 4.69) is 25.7 Å². The fourth-order valence-electron chi connectivity index (χ4n) is 4.02. The van der Waals surface area contributed by atoms with Crippen LogP contribution in [0.5, 0.6) is 0 Å². The number of nitrogens with zero attached hydrogens (tertiary/aromatic N) is 6. The van der Waals surface area contributed by atoms with Gasteiger partial charge in [-0.05, 0) is 49.2 Å². The molecule has 4 aromatic rings. The minimum absolute atomic E-state index is 0.00203. The van der Waals surface area contributed by atoms with Crippen LogP contribution in [0.1, 0.15) is 43.4 Å². The maximum atomic E-state index is 14.4. The van der Waals surface area contributed by atoms with Crippen molar-refractivity contribution < 1.29 is 40.3 Å². The molecule has 0 saturated heterocycles. The van der Waals surface area contributed by atoms with Gasteiger partial charge in [0.25, 0.3) is 11.8 Å². The Morgan fingerprint density at radius 3 is 2.31 bits per heavy atom. The molecular weight excluding hydrogens is 601 g/mol. The number of hydrogen-bond acceptors (Lipinski definition) is 6. The summed E-state index contributed by atoms with van der Waals surface area (Å²) < 4.78 is 94.5. The van der Waals surface area contributed by atoms with Crippen molar-refractivity contribution in [3.63, 3.8) is 0 Å². The van der Waals surface area contributed by atoms with Crippen LogP contribution in [0.4, 0.5) is 36.4 Å². The van der Waals surface area contributed by atoms with Crippen molar-refractivity contribution in [3.05, 3.63) is 81.5 Å². The van der Waals surface area contributed by atoms with Crippen molar-refractivity contribution in [2.75, 3.05) is 5.32 Å². The van der Waals surface area contributed by atoms with Crippen LogP contribution in [-0.2, 0) is 12.2 Å². The molecule has 18 heteroatoms. The minimum atomic E-state index is -6.38. The maximum absolute atomic E-state index is 14.4. The highest BCUT2D eigenvalue weighted by Gasteiger charge is 2.75. The Morgan fingerprint density at radius 1 is 1.05 bits per heavy atom. The summed E-state index contributed by atoms with van der Waals surface area (Å²) in [4.78, 5) is 29.5. The summed E-state index contributed by atoms with van der Waals surface area (Å²) in [5.41, 5.74) is -1.50. The van der Waals surface area contributed by atoms with Gasteiger partial charge in [0.1, 0.15) is 11.4 Å². The Morgan fingerprint density at radius 2 is 1.71 bits per heavy atom. The number of amides is 2. The predicted octanol–water partition coefficient (Wildman–Crippen LogP) is 4.82. The van der Waals surface area contributed by atoms with Gasteiger partial charge in [-0.3, -0.25) is 9.59 Å². The van der Waals surface area contributed by atoms with Crippen LogP contribution in [0.3, 0.4) is 0 Å². The van der Waals surface area contributed by atoms with Crippen molar-refractivity contribution in [1.29, 1.82) is 0 Å². The van der Waals surface area contributed by atoms with Gasteiger partial charge in [0.05, 0.1) is 34.7 Å². The lowest BCUT2D eigenvalue weighted by Gasteiger charge is -2.27. The summed E-state index contributed by atoms with van der Waals surface area (Å²) in [7, 11) is 0. The molecule has 0 radical (unpaired) electrons. The Kier molecular flexibility index (Phi) is 7.75. The fourth-order valence-corrected chi connectivity index (χ4v) is 4.22. The van der Waals surface area contributed by atoms with E-state index in [1.54, 1.807) is 19.9 Å². The van der Waals surface area contributed by atoms with Crippen molar-refractivity contribution in [1.82, 2.24) is 29.8 Å². The molecule has 3 N–H and O–H groups in total. The van der Waals surface area contributed by atoms with Gasteiger partial charge in [0, 0.05) is 6.20 Å². The van der Waals surface area contributed by atoms with Crippen LogP contribution in [0.2, 0.25) is 5.02 Å². The first kappa shape index (κ1) is 30.4. The third kappa shape index (κ3) is 5.50. The third-order valence-corrected chi connectivity index (χ3v) is 6.21. The molecule has 0 fully saturated rings. The number of carbonyl (C=O) groups excluding carboxylic acids is 2. The second kappa shape index (κ2) is 10.7. The molecular formula is C24H18ClF7N8O2. The number of aromatic nitrogens is 6. The van der Waals surface area contributed by atoms with E-state index in [-0.39, 0.29) is 39.7 Å². The van der Waals surface area contributed by atoms with E-state index in [1.165, 1.54) is 24.4 Å². The van der Waals surface area contributed by atoms with Gasteiger partial charge in [0.15, 0.2) is 5.82 Å². The van der Waals surface area contributed by atoms with Crippen molar-refractivity contribution in [2.24, 2.45) is 5.73 Å². The van der Waals surface area contributed by atoms with Crippen LogP contribution in [0.25, 0.3) is 5.82 Å². The number of rotatable bonds is 7. The molecule has 4 rings (SSSR count). The zero-order chi connectivity index (χ0) is 31.2. The van der Waals surface area contributed by atoms with E-state index >= 15 is 0 Å². The Labute approximate surface area is 236 Å². The van der Waals surface area contributed by atoms with Crippen molar-refractivity contribution >= 4 is 29.1 Å². The summed E-state index contributed by atoms with van der Waals surface area (Å²) in [6.07, 6.45) is -11.3. The summed E-state index contributed by atoms with van der Waals surface area (Å²) in [6.45, 7) is 2.68. The van der Waals surface area contributed by atoms with Crippen molar-refractivity contribution in [2.45, 2.75) is 38.4 Å². The van der Waals surface area contributed by atoms with Crippen LogP contribution in [0.15, 0.2) is 42.7 Å². The van der Waals surface area contributed by atoms with Gasteiger partial charge in [-0.1, -0.05) is 22.9 Å². The molecule has 0 spiro atoms. The van der Waals surface area contributed by atoms with E-state index in [4.69, 9.17) is 17.3 Å². The number of primary amides is 1. The zero-order valence-electron chi connectivity index (χ0n) is 21.3. The molecule has 0 bridgehead atoms. The minimum Gasteiger partial charge on any atom is -0.366 e. The van der Waals surface area contributed by atoms with E-state index in [0.29, 0.717) is 15.8 Å². The predicted molar refractivity (Wildman–Crippen MR) is 133 cm³/mol. The number of nitrogens with two attached hydrogens (primary N) is 1. The zero-order valence-corrected chi connectivity index (χ0v) is 22.1. The highest BCUT2D eigenvalue weighted by Crippen LogP contribution is 2.52. The average molecular weight is 619 g/mol. The first-order valence-electron chi connectivity index (χ1n) is 11.6. The Hall–Kier alpha value is -4.54. The lowest BCUT2D eigenvalue weighted by Crippen LogP contribution is -2.50. The number of benzene rings is 1. The third-order valence-electron chi connectivity index (χ3n) is 5.91. The van der Waals surface area contributed by atoms with Gasteiger partial charge >= 0.3 is 18.0 Å². The quantitative estimate of drug-likeness (QED) is 0.285. The van der Waals surface area contributed by atoms with Gasteiger partial charge in [-0.25, -0.2) is 18.7 Å². The van der Waals surface area contributed by atoms with Crippen molar-refractivity contribution in [3.8, 4) is 5.82 Å². The van der Waals surface area contributed by atoms with Crippen LogP contribution in [-0.4, -0.2) is 53.9 Å². The standard InChI is InChI=1S/C24H18ClF7N8O2/c1-11-6-12(2)18(14(7-11)19(33)41)35-21(42)16-8-13(37-40(16)20-15(25)4-3-5-34-20)9-39-10-17(36-38-39)22(26,23(27,28)29)24(30,31)32/h3-8,10H,9H2,1-2H3,(H2,33,41)(H,35,42). The molecule has 0 aliphatic rings. The van der Waals surface area contributed by atoms with Gasteiger partial charge in [-0.15, -0.1) is 5.10 Å². The van der Waals surface area contributed by atoms with Crippen LogP contribution in [0, 0.1) is 13.8 Å². The van der Waals surface area contributed by atoms with Gasteiger partial charge < -0.3 is 11.1 Å². The average Bonchev–Trinajstić information content (AvgIpc) is 3.51. The maximum Gasteiger partial charge on any atom is 0.437 e. The monoisotopic (exact) mass is 618 g/mol. The SMILES string of the molecule is Cc1cc(C)c(NC(=O)c2cc(Cn3cc(C(F)(C(F)(F)F)C(F)(F)F)nn3)nn2-c2ncccc2Cl)c(C(N)=O)c1. The molecule has 3 heterocycles. The lowest BCUT2D eigenvalue weighted by molar-refractivity contribution is -0.350. The molecule has 1 aromatic carbocycles. The van der Waals surface area contributed by atoms with E-state index in [9.17, 15) is 40.3 Å². The Bertz CT molecular complexity index is 1670. The molecule has 0 aliphatic heterocycles. The molecule has 3 aromatic heterocycles. The number of anilines is 1. The number of aryl methyl sites for hydroxylation is 2. The highest BCUT2D eigenvalue weighted by atomic mass is 35.5. The summed E-state index contributed by atoms with van der Waals surface area (Å²) >= 11 is 6.21. The number of carbonyl (C=O) groups is 2. The first-order chi connectivity index (χ1) is 19.4. The summed E-state index contributed by atoms with van der Waals surface area (Å²) in [5.74, 6) is -1.76. The number of hydrogen-bond donors (Lipinski definition) is 2. The second-order valence-electron chi connectivity index (χ2n) is 9.02. The number of nitrogens with one attached hydrogen (secondary N) is 1. The molecule has 0 atom stereocenters. The number of pyridine rings is 1. The van der Waals surface area contributed by atoms with Crippen LogP contribution >= 0.6 is 11.6 Å². The Balaban J connectivity index is 1.76. The summed E-state index contributed by atoms with van der Waals surface area (Å²) in [5, 5.41) is 12.7. The largest absolute Gasteiger partial charge is 0.437 e. The molecule has 0 unspecified atom stereocenters. The number of halogens is 8. The molecule has 222 valence electrons. The topological polar surface area (TPSA) is 134 Å². The smallest absolute Gasteiger partial charge is 0.366 e. The van der Waals surface area contributed by atoms with E-state index in [0.717, 1.165) is 10.7 Å². The summed E-state index contributed by atoms with van der Waals surface area (Å²) in [6, 6.07) is 7.15. The molecule has 42 heavy (non-hydrogen) atoms. The fraction of sp³-hybridized carbons (Fsp3) is 0.250. The first-order valence-corrected chi connectivity index (χ1v) is 12.0. The lowest BCUT2D eigenvalue weighted by atomic mass is 10.0. The second-order valence-corrected chi connectivity index (χ2v) is 9.43. The van der Waals surface area contributed by atoms with Crippen LogP contribution < -0.4 is 11.1 Å². The highest BCUT2D eigenvalue weighted by molar-refractivity contribution is 6.32. The molecule has 10 nitrogen and oxygen atoms in total.